The third kappa shape index (κ3) is 4.03. The molecule has 1 rings (SSSR count). The number of halogens is 1. The van der Waals surface area contributed by atoms with Crippen LogP contribution in [0.15, 0.2) is 12.1 Å². The van der Waals surface area contributed by atoms with E-state index in [0.29, 0.717) is 16.7 Å². The maximum atomic E-state index is 13.6. The summed E-state index contributed by atoms with van der Waals surface area (Å²) in [6.45, 7) is 8.59. The molecule has 116 valence electrons. The smallest absolute Gasteiger partial charge is 0.305 e. The molecule has 1 unspecified atom stereocenters. The number of carboxylic acids is 1. The minimum absolute atomic E-state index is 0.0554. The van der Waals surface area contributed by atoms with Gasteiger partial charge in [0.1, 0.15) is 5.82 Å². The molecule has 0 heterocycles. The number of carbonyl (C=O) groups excluding carboxylic acids is 1. The zero-order valence-electron chi connectivity index (χ0n) is 13.1. The highest BCUT2D eigenvalue weighted by atomic mass is 19.1. The predicted octanol–water partition coefficient (Wildman–Crippen LogP) is 3.06. The van der Waals surface area contributed by atoms with Gasteiger partial charge in [0, 0.05) is 5.56 Å². The summed E-state index contributed by atoms with van der Waals surface area (Å²) >= 11 is 0. The largest absolute Gasteiger partial charge is 0.481 e. The van der Waals surface area contributed by atoms with Crippen molar-refractivity contribution in [2.75, 3.05) is 0 Å². The van der Waals surface area contributed by atoms with Crippen LogP contribution in [0.5, 0.6) is 0 Å². The number of carbonyl (C=O) groups is 2. The van der Waals surface area contributed by atoms with Gasteiger partial charge in [-0.1, -0.05) is 13.8 Å². The monoisotopic (exact) mass is 295 g/mol. The van der Waals surface area contributed by atoms with Crippen molar-refractivity contribution in [1.82, 2.24) is 5.32 Å². The summed E-state index contributed by atoms with van der Waals surface area (Å²) in [5.41, 5.74) is 0.261. The molecule has 0 bridgehead atoms. The van der Waals surface area contributed by atoms with E-state index in [4.69, 9.17) is 5.11 Å². The van der Waals surface area contributed by atoms with Crippen LogP contribution in [0.1, 0.15) is 48.7 Å². The van der Waals surface area contributed by atoms with Gasteiger partial charge in [-0.2, -0.15) is 0 Å². The quantitative estimate of drug-likeness (QED) is 0.877. The lowest BCUT2D eigenvalue weighted by atomic mass is 9.85. The average molecular weight is 295 g/mol. The molecule has 0 aromatic heterocycles. The molecule has 0 aliphatic carbocycles. The zero-order valence-corrected chi connectivity index (χ0v) is 13.1. The predicted molar refractivity (Wildman–Crippen MR) is 78.8 cm³/mol. The first kappa shape index (κ1) is 17.1. The number of aryl methyl sites for hydroxylation is 2. The second-order valence-electron chi connectivity index (χ2n) is 6.02. The fourth-order valence-electron chi connectivity index (χ4n) is 2.12. The molecular formula is C16H22FNO3. The highest BCUT2D eigenvalue weighted by Crippen LogP contribution is 2.22. The first-order valence-corrected chi connectivity index (χ1v) is 6.88. The van der Waals surface area contributed by atoms with Crippen molar-refractivity contribution >= 4 is 11.9 Å². The van der Waals surface area contributed by atoms with E-state index in [1.165, 1.54) is 12.1 Å². The molecule has 0 spiro atoms. The summed E-state index contributed by atoms with van der Waals surface area (Å²) in [7, 11) is 0. The number of benzene rings is 1. The van der Waals surface area contributed by atoms with Crippen molar-refractivity contribution < 1.29 is 19.1 Å². The van der Waals surface area contributed by atoms with Crippen LogP contribution in [0.2, 0.25) is 0 Å². The van der Waals surface area contributed by atoms with Crippen LogP contribution >= 0.6 is 0 Å². The topological polar surface area (TPSA) is 66.4 Å². The van der Waals surface area contributed by atoms with Crippen LogP contribution in [-0.2, 0) is 4.79 Å². The molecule has 0 saturated carbocycles. The van der Waals surface area contributed by atoms with Crippen molar-refractivity contribution in [2.24, 2.45) is 5.92 Å². The summed E-state index contributed by atoms with van der Waals surface area (Å²) in [5, 5.41) is 11.8. The summed E-state index contributed by atoms with van der Waals surface area (Å²) in [6.07, 6.45) is -0.171. The van der Waals surface area contributed by atoms with Crippen molar-refractivity contribution in [3.05, 3.63) is 34.6 Å². The first-order valence-electron chi connectivity index (χ1n) is 6.88. The van der Waals surface area contributed by atoms with Crippen LogP contribution in [0, 0.1) is 25.6 Å². The highest BCUT2D eigenvalue weighted by molar-refractivity contribution is 5.95. The molecule has 0 saturated heterocycles. The molecule has 0 fully saturated rings. The van der Waals surface area contributed by atoms with E-state index in [9.17, 15) is 14.0 Å². The van der Waals surface area contributed by atoms with Crippen molar-refractivity contribution in [2.45, 2.75) is 46.6 Å². The Bertz CT molecular complexity index is 546. The van der Waals surface area contributed by atoms with Crippen LogP contribution in [0.4, 0.5) is 4.39 Å². The third-order valence-corrected chi connectivity index (χ3v) is 3.89. The lowest BCUT2D eigenvalue weighted by molar-refractivity contribution is -0.138. The van der Waals surface area contributed by atoms with E-state index in [1.807, 2.05) is 13.8 Å². The van der Waals surface area contributed by atoms with Gasteiger partial charge in [-0.05, 0) is 49.9 Å². The number of amides is 1. The lowest BCUT2D eigenvalue weighted by Gasteiger charge is -2.33. The number of aliphatic carboxylic acids is 1. The number of rotatable bonds is 5. The normalized spacial score (nSPS) is 13.9. The molecule has 0 aliphatic rings. The molecule has 1 aromatic carbocycles. The van der Waals surface area contributed by atoms with Crippen LogP contribution < -0.4 is 5.32 Å². The first-order chi connectivity index (χ1) is 9.56. The fourth-order valence-corrected chi connectivity index (χ4v) is 2.12. The Morgan fingerprint density at radius 3 is 2.14 bits per heavy atom. The number of carboxylic acid groups (broad SMARTS) is 1. The van der Waals surface area contributed by atoms with Crippen LogP contribution in [0.3, 0.4) is 0 Å². The van der Waals surface area contributed by atoms with E-state index in [1.54, 1.807) is 20.8 Å². The lowest BCUT2D eigenvalue weighted by Crippen LogP contribution is -2.51. The van der Waals surface area contributed by atoms with Gasteiger partial charge in [0.2, 0.25) is 0 Å². The van der Waals surface area contributed by atoms with E-state index in [-0.39, 0.29) is 18.2 Å². The molecule has 1 atom stereocenters. The van der Waals surface area contributed by atoms with E-state index in [0.717, 1.165) is 0 Å². The SMILES string of the molecule is Cc1cc(C(=O)NC(C)(CC(=O)O)C(C)C)cc(C)c1F. The second kappa shape index (κ2) is 6.24. The molecule has 4 nitrogen and oxygen atoms in total. The highest BCUT2D eigenvalue weighted by Gasteiger charge is 2.33. The molecule has 21 heavy (non-hydrogen) atoms. The average Bonchev–Trinajstić information content (AvgIpc) is 2.33. The Morgan fingerprint density at radius 1 is 1.29 bits per heavy atom. The van der Waals surface area contributed by atoms with E-state index < -0.39 is 17.4 Å². The number of nitrogens with one attached hydrogen (secondary N) is 1. The maximum Gasteiger partial charge on any atom is 0.305 e. The Balaban J connectivity index is 3.05. The van der Waals surface area contributed by atoms with Crippen LogP contribution in [0.25, 0.3) is 0 Å². The molecule has 0 aliphatic heterocycles. The minimum Gasteiger partial charge on any atom is -0.481 e. The van der Waals surface area contributed by atoms with Crippen molar-refractivity contribution in [1.29, 1.82) is 0 Å². The minimum atomic E-state index is -0.974. The van der Waals surface area contributed by atoms with E-state index >= 15 is 0 Å². The molecule has 5 heteroatoms. The second-order valence-corrected chi connectivity index (χ2v) is 6.02. The molecule has 2 N–H and O–H groups in total. The maximum absolute atomic E-state index is 13.6. The fraction of sp³-hybridized carbons (Fsp3) is 0.500. The van der Waals surface area contributed by atoms with Gasteiger partial charge >= 0.3 is 5.97 Å². The molecule has 0 radical (unpaired) electrons. The van der Waals surface area contributed by atoms with Gasteiger partial charge in [-0.3, -0.25) is 9.59 Å². The van der Waals surface area contributed by atoms with Gasteiger partial charge in [0.05, 0.1) is 12.0 Å². The molecule has 1 aromatic rings. The standard InChI is InChI=1S/C16H22FNO3/c1-9(2)16(5,8-13(19)20)18-15(21)12-6-10(3)14(17)11(4)7-12/h6-7,9H,8H2,1-5H3,(H,18,21)(H,19,20). The Labute approximate surface area is 124 Å². The van der Waals surface area contributed by atoms with Crippen LogP contribution in [-0.4, -0.2) is 22.5 Å². The van der Waals surface area contributed by atoms with Crippen molar-refractivity contribution in [3.63, 3.8) is 0 Å². The molecule has 1 amide bonds. The summed E-state index contributed by atoms with van der Waals surface area (Å²) < 4.78 is 13.6. The third-order valence-electron chi connectivity index (χ3n) is 3.89. The summed E-state index contributed by atoms with van der Waals surface area (Å²) in [6, 6.07) is 2.94. The van der Waals surface area contributed by atoms with Crippen molar-refractivity contribution in [3.8, 4) is 0 Å². The number of hydrogen-bond acceptors (Lipinski definition) is 2. The van der Waals surface area contributed by atoms with Gasteiger partial charge in [-0.15, -0.1) is 0 Å². The van der Waals surface area contributed by atoms with Gasteiger partial charge in [0.25, 0.3) is 5.91 Å². The van der Waals surface area contributed by atoms with Gasteiger partial charge < -0.3 is 10.4 Å². The van der Waals surface area contributed by atoms with E-state index in [2.05, 4.69) is 5.32 Å². The van der Waals surface area contributed by atoms with Gasteiger partial charge in [-0.25, -0.2) is 4.39 Å². The summed E-state index contributed by atoms with van der Waals surface area (Å²) in [4.78, 5) is 23.3. The van der Waals surface area contributed by atoms with Gasteiger partial charge in [0.15, 0.2) is 0 Å². The Morgan fingerprint density at radius 2 is 1.76 bits per heavy atom. The Hall–Kier alpha value is -1.91. The molecular weight excluding hydrogens is 273 g/mol. The zero-order chi connectivity index (χ0) is 16.4. The Kier molecular flexibility index (Phi) is 5.10. The summed E-state index contributed by atoms with van der Waals surface area (Å²) in [5.74, 6) is -1.75. The number of hydrogen-bond donors (Lipinski definition) is 2.